The Morgan fingerprint density at radius 2 is 1.34 bits per heavy atom. The first-order chi connectivity index (χ1) is 14.8. The first-order valence-electron chi connectivity index (χ1n) is 8.56. The summed E-state index contributed by atoms with van der Waals surface area (Å²) in [5.74, 6) is 0. The topological polar surface area (TPSA) is 92.3 Å². The maximum atomic E-state index is 12.8. The van der Waals surface area contributed by atoms with Crippen molar-refractivity contribution in [3.63, 3.8) is 0 Å². The third-order valence-corrected chi connectivity index (χ3v) is 7.54. The van der Waals surface area contributed by atoms with Crippen LogP contribution >= 0.6 is 23.2 Å². The molecule has 0 spiro atoms. The standard InChI is InChI=1S/C19H13Cl2F3N2O4S2/c20-13-4-9-17(21)18(11-13)32(29,30)25-14-5-7-16(8-6-14)31(27,28)26-15-3-1-2-12(10-15)19(22,23)24/h1-11,25-26H. The third kappa shape index (κ3) is 5.66. The van der Waals surface area contributed by atoms with Crippen molar-refractivity contribution in [3.05, 3.63) is 82.3 Å². The van der Waals surface area contributed by atoms with Gasteiger partial charge in [0.1, 0.15) is 4.90 Å². The molecule has 0 radical (unpaired) electrons. The lowest BCUT2D eigenvalue weighted by Crippen LogP contribution is -2.15. The van der Waals surface area contributed by atoms with Gasteiger partial charge < -0.3 is 0 Å². The molecule has 0 fully saturated rings. The zero-order valence-electron chi connectivity index (χ0n) is 15.7. The van der Waals surface area contributed by atoms with Gasteiger partial charge in [-0.15, -0.1) is 0 Å². The summed E-state index contributed by atoms with van der Waals surface area (Å²) in [6, 6.07) is 12.1. The van der Waals surface area contributed by atoms with Crippen molar-refractivity contribution in [1.82, 2.24) is 0 Å². The van der Waals surface area contributed by atoms with Crippen molar-refractivity contribution in [2.75, 3.05) is 9.44 Å². The average molecular weight is 525 g/mol. The highest BCUT2D eigenvalue weighted by Gasteiger charge is 2.30. The fourth-order valence-electron chi connectivity index (χ4n) is 2.57. The summed E-state index contributed by atoms with van der Waals surface area (Å²) < 4.78 is 92.8. The quantitative estimate of drug-likeness (QED) is 0.438. The summed E-state index contributed by atoms with van der Waals surface area (Å²) in [6.45, 7) is 0. The molecule has 0 aliphatic rings. The minimum atomic E-state index is -4.63. The molecule has 32 heavy (non-hydrogen) atoms. The Kier molecular flexibility index (Phi) is 6.66. The number of sulfonamides is 2. The molecule has 0 amide bonds. The molecule has 0 aliphatic heterocycles. The van der Waals surface area contributed by atoms with Gasteiger partial charge in [-0.1, -0.05) is 29.3 Å². The summed E-state index contributed by atoms with van der Waals surface area (Å²) in [4.78, 5) is -0.562. The van der Waals surface area contributed by atoms with Gasteiger partial charge in [0.05, 0.1) is 15.5 Å². The van der Waals surface area contributed by atoms with Crippen molar-refractivity contribution in [2.24, 2.45) is 0 Å². The van der Waals surface area contributed by atoms with Gasteiger partial charge in [0.15, 0.2) is 0 Å². The van der Waals surface area contributed by atoms with E-state index in [0.29, 0.717) is 6.07 Å². The van der Waals surface area contributed by atoms with E-state index in [1.54, 1.807) is 0 Å². The van der Waals surface area contributed by atoms with Gasteiger partial charge in [-0.05, 0) is 60.7 Å². The van der Waals surface area contributed by atoms with E-state index in [1.807, 2.05) is 0 Å². The molecule has 0 aliphatic carbocycles. The second-order valence-corrected chi connectivity index (χ2v) is 10.6. The Morgan fingerprint density at radius 1 is 0.719 bits per heavy atom. The largest absolute Gasteiger partial charge is 0.416 e. The molecule has 0 atom stereocenters. The van der Waals surface area contributed by atoms with Crippen molar-refractivity contribution >= 4 is 54.6 Å². The molecule has 0 saturated heterocycles. The van der Waals surface area contributed by atoms with E-state index < -0.39 is 31.8 Å². The lowest BCUT2D eigenvalue weighted by molar-refractivity contribution is -0.137. The molecular weight excluding hydrogens is 512 g/mol. The zero-order valence-corrected chi connectivity index (χ0v) is 18.8. The highest BCUT2D eigenvalue weighted by atomic mass is 35.5. The molecule has 0 heterocycles. The Morgan fingerprint density at radius 3 is 1.97 bits per heavy atom. The van der Waals surface area contributed by atoms with Crippen LogP contribution in [0.1, 0.15) is 5.56 Å². The van der Waals surface area contributed by atoms with Crippen LogP contribution in [-0.4, -0.2) is 16.8 Å². The maximum Gasteiger partial charge on any atom is 0.416 e. The van der Waals surface area contributed by atoms with E-state index in [9.17, 15) is 30.0 Å². The number of halogens is 5. The third-order valence-electron chi connectivity index (χ3n) is 4.04. The molecule has 0 aromatic heterocycles. The van der Waals surface area contributed by atoms with Crippen LogP contribution in [0, 0.1) is 0 Å². The summed E-state index contributed by atoms with van der Waals surface area (Å²) in [7, 11) is -8.35. The highest BCUT2D eigenvalue weighted by molar-refractivity contribution is 7.93. The monoisotopic (exact) mass is 524 g/mol. The second-order valence-electron chi connectivity index (χ2n) is 6.39. The van der Waals surface area contributed by atoms with Crippen molar-refractivity contribution in [1.29, 1.82) is 0 Å². The van der Waals surface area contributed by atoms with Gasteiger partial charge >= 0.3 is 6.18 Å². The van der Waals surface area contributed by atoms with Crippen molar-refractivity contribution in [3.8, 4) is 0 Å². The average Bonchev–Trinajstić information content (AvgIpc) is 2.69. The molecule has 6 nitrogen and oxygen atoms in total. The number of rotatable bonds is 6. The van der Waals surface area contributed by atoms with E-state index in [-0.39, 0.29) is 31.2 Å². The molecule has 170 valence electrons. The van der Waals surface area contributed by atoms with E-state index in [2.05, 4.69) is 9.44 Å². The molecule has 2 N–H and O–H groups in total. The zero-order chi connectivity index (χ0) is 23.7. The lowest BCUT2D eigenvalue weighted by Gasteiger charge is -2.12. The van der Waals surface area contributed by atoms with Gasteiger partial charge in [-0.25, -0.2) is 16.8 Å². The first-order valence-corrected chi connectivity index (χ1v) is 12.3. The van der Waals surface area contributed by atoms with Gasteiger partial charge in [0.25, 0.3) is 20.0 Å². The summed E-state index contributed by atoms with van der Waals surface area (Å²) in [6.07, 6.45) is -4.63. The SMILES string of the molecule is O=S(=O)(Nc1cccc(C(F)(F)F)c1)c1ccc(NS(=O)(=O)c2cc(Cl)ccc2Cl)cc1. The van der Waals surface area contributed by atoms with Gasteiger partial charge in [0.2, 0.25) is 0 Å². The summed E-state index contributed by atoms with van der Waals surface area (Å²) in [5, 5.41) is 0.0864. The molecule has 0 bridgehead atoms. The summed E-state index contributed by atoms with van der Waals surface area (Å²) >= 11 is 11.7. The van der Waals surface area contributed by atoms with Crippen LogP contribution in [0.25, 0.3) is 0 Å². The van der Waals surface area contributed by atoms with Crippen LogP contribution in [0.2, 0.25) is 10.0 Å². The molecule has 13 heteroatoms. The first kappa shape index (κ1) is 24.2. The van der Waals surface area contributed by atoms with Gasteiger partial charge in [0, 0.05) is 16.4 Å². The Labute approximate surface area is 192 Å². The minimum Gasteiger partial charge on any atom is -0.280 e. The normalized spacial score (nSPS) is 12.4. The van der Waals surface area contributed by atoms with E-state index in [0.717, 1.165) is 30.3 Å². The van der Waals surface area contributed by atoms with Crippen LogP contribution in [0.5, 0.6) is 0 Å². The minimum absolute atomic E-state index is 0.0269. The number of nitrogens with one attached hydrogen (secondary N) is 2. The smallest absolute Gasteiger partial charge is 0.280 e. The number of alkyl halides is 3. The fraction of sp³-hybridized carbons (Fsp3) is 0.0526. The molecular formula is C19H13Cl2F3N2O4S2. The molecule has 3 aromatic carbocycles. The van der Waals surface area contributed by atoms with Gasteiger partial charge in [-0.3, -0.25) is 9.44 Å². The lowest BCUT2D eigenvalue weighted by atomic mass is 10.2. The van der Waals surface area contributed by atoms with Crippen LogP contribution in [0.3, 0.4) is 0 Å². The molecule has 3 aromatic rings. The van der Waals surface area contributed by atoms with Crippen molar-refractivity contribution in [2.45, 2.75) is 16.0 Å². The highest BCUT2D eigenvalue weighted by Crippen LogP contribution is 2.31. The maximum absolute atomic E-state index is 12.8. The Hall–Kier alpha value is -2.47. The van der Waals surface area contributed by atoms with E-state index in [1.165, 1.54) is 30.3 Å². The van der Waals surface area contributed by atoms with Gasteiger partial charge in [-0.2, -0.15) is 13.2 Å². The number of benzene rings is 3. The van der Waals surface area contributed by atoms with Crippen LogP contribution in [0.15, 0.2) is 76.5 Å². The molecule has 3 rings (SSSR count). The van der Waals surface area contributed by atoms with Crippen LogP contribution in [0.4, 0.5) is 24.5 Å². The van der Waals surface area contributed by atoms with E-state index >= 15 is 0 Å². The molecule has 0 unspecified atom stereocenters. The Bertz CT molecular complexity index is 1360. The van der Waals surface area contributed by atoms with Crippen LogP contribution in [-0.2, 0) is 26.2 Å². The Balaban J connectivity index is 1.81. The summed E-state index contributed by atoms with van der Waals surface area (Å²) in [5.41, 5.74) is -1.26. The van der Waals surface area contributed by atoms with E-state index in [4.69, 9.17) is 23.2 Å². The second kappa shape index (κ2) is 8.81. The van der Waals surface area contributed by atoms with Crippen LogP contribution < -0.4 is 9.44 Å². The fourth-order valence-corrected chi connectivity index (χ4v) is 5.44. The predicted molar refractivity (Wildman–Crippen MR) is 116 cm³/mol. The van der Waals surface area contributed by atoms with Crippen molar-refractivity contribution < 1.29 is 30.0 Å². The number of hydrogen-bond donors (Lipinski definition) is 2. The number of anilines is 2. The number of hydrogen-bond acceptors (Lipinski definition) is 4. The predicted octanol–water partition coefficient (Wildman–Crippen LogP) is 5.61. The molecule has 0 saturated carbocycles.